The lowest BCUT2D eigenvalue weighted by Crippen LogP contribution is -2.58. The lowest BCUT2D eigenvalue weighted by molar-refractivity contribution is -0.144. The number of aromatic amines is 2. The van der Waals surface area contributed by atoms with E-state index < -0.39 is 66.9 Å². The number of nitrogens with two attached hydrogens (primary N) is 1. The number of aliphatic hydroxyl groups is 1. The van der Waals surface area contributed by atoms with Crippen molar-refractivity contribution in [2.24, 2.45) is 5.73 Å². The van der Waals surface area contributed by atoms with E-state index in [2.05, 4.69) is 30.9 Å². The molecule has 4 atom stereocenters. The van der Waals surface area contributed by atoms with Crippen LogP contribution in [0.4, 0.5) is 0 Å². The van der Waals surface area contributed by atoms with Crippen LogP contribution in [0, 0.1) is 0 Å². The van der Waals surface area contributed by atoms with Crippen LogP contribution in [-0.2, 0) is 36.8 Å². The fraction of sp³-hybridized carbons (Fsp3) is 0.333. The number of benzene rings is 1. The van der Waals surface area contributed by atoms with E-state index in [1.807, 2.05) is 24.3 Å². The number of hydrogen-bond acceptors (Lipinski definition) is 8. The molecule has 3 rings (SSSR count). The first kappa shape index (κ1) is 28.8. The first-order chi connectivity index (χ1) is 18.6. The van der Waals surface area contributed by atoms with Crippen LogP contribution >= 0.6 is 0 Å². The van der Waals surface area contributed by atoms with E-state index >= 15 is 0 Å². The predicted octanol–water partition coefficient (Wildman–Crippen LogP) is -1.99. The summed E-state index contributed by atoms with van der Waals surface area (Å²) in [6.07, 6.45) is 3.50. The van der Waals surface area contributed by atoms with Gasteiger partial charge in [-0.3, -0.25) is 19.2 Å². The van der Waals surface area contributed by atoms with Gasteiger partial charge in [-0.1, -0.05) is 18.2 Å². The molecule has 3 amide bonds. The molecule has 0 aliphatic heterocycles. The molecule has 0 aliphatic rings. The molecule has 1 aromatic carbocycles. The van der Waals surface area contributed by atoms with Gasteiger partial charge in [0.25, 0.3) is 0 Å². The number of rotatable bonds is 14. The second-order valence-electron chi connectivity index (χ2n) is 8.75. The van der Waals surface area contributed by atoms with Crippen molar-refractivity contribution < 1.29 is 39.3 Å². The molecule has 0 saturated heterocycles. The Labute approximate surface area is 221 Å². The zero-order valence-electron chi connectivity index (χ0n) is 20.6. The van der Waals surface area contributed by atoms with Gasteiger partial charge in [-0.25, -0.2) is 9.78 Å². The minimum absolute atomic E-state index is 0.0971. The van der Waals surface area contributed by atoms with Gasteiger partial charge in [0, 0.05) is 35.4 Å². The minimum Gasteiger partial charge on any atom is -0.481 e. The summed E-state index contributed by atoms with van der Waals surface area (Å²) in [7, 11) is 0. The largest absolute Gasteiger partial charge is 0.481 e. The normalized spacial score (nSPS) is 14.1. The molecule has 10 N–H and O–H groups in total. The number of aliphatic hydroxyl groups excluding tert-OH is 1. The third kappa shape index (κ3) is 7.86. The Balaban J connectivity index is 1.72. The highest BCUT2D eigenvalue weighted by Gasteiger charge is 2.32. The summed E-state index contributed by atoms with van der Waals surface area (Å²) in [6, 6.07) is 1.60. The smallest absolute Gasteiger partial charge is 0.328 e. The van der Waals surface area contributed by atoms with E-state index in [9.17, 15) is 34.2 Å². The number of amides is 3. The predicted molar refractivity (Wildman–Crippen MR) is 135 cm³/mol. The van der Waals surface area contributed by atoms with Gasteiger partial charge >= 0.3 is 11.9 Å². The van der Waals surface area contributed by atoms with Crippen LogP contribution in [0.25, 0.3) is 10.9 Å². The Kier molecular flexibility index (Phi) is 9.72. The second kappa shape index (κ2) is 13.2. The highest BCUT2D eigenvalue weighted by Crippen LogP contribution is 2.18. The number of carboxylic acid groups (broad SMARTS) is 2. The fourth-order valence-corrected chi connectivity index (χ4v) is 3.85. The molecule has 15 nitrogen and oxygen atoms in total. The van der Waals surface area contributed by atoms with Gasteiger partial charge in [-0.2, -0.15) is 0 Å². The number of fused-ring (bicyclic) bond motifs is 1. The summed E-state index contributed by atoms with van der Waals surface area (Å²) in [6.45, 7) is -0.905. The number of hydrogen-bond donors (Lipinski definition) is 9. The van der Waals surface area contributed by atoms with Gasteiger partial charge in [-0.05, 0) is 18.1 Å². The average Bonchev–Trinajstić information content (AvgIpc) is 3.56. The summed E-state index contributed by atoms with van der Waals surface area (Å²) in [5.41, 5.74) is 8.05. The number of nitrogens with one attached hydrogen (secondary N) is 5. The van der Waals surface area contributed by atoms with Crippen LogP contribution < -0.4 is 21.7 Å². The molecular formula is C24H29N7O8. The number of aromatic nitrogens is 3. The van der Waals surface area contributed by atoms with Gasteiger partial charge in [0.15, 0.2) is 0 Å². The van der Waals surface area contributed by atoms with E-state index in [-0.39, 0.29) is 12.8 Å². The quantitative estimate of drug-likeness (QED) is 0.108. The van der Waals surface area contributed by atoms with Gasteiger partial charge in [0.05, 0.1) is 25.4 Å². The fourth-order valence-electron chi connectivity index (χ4n) is 3.85. The number of aliphatic carboxylic acids is 2. The third-order valence-corrected chi connectivity index (χ3v) is 5.87. The lowest BCUT2D eigenvalue weighted by atomic mass is 10.0. The van der Waals surface area contributed by atoms with Crippen molar-refractivity contribution in [3.63, 3.8) is 0 Å². The molecule has 0 saturated carbocycles. The molecule has 3 aromatic rings. The molecule has 0 fully saturated rings. The number of carbonyl (C=O) groups is 5. The first-order valence-electron chi connectivity index (χ1n) is 11.8. The van der Waals surface area contributed by atoms with Crippen LogP contribution in [0.15, 0.2) is 43.0 Å². The highest BCUT2D eigenvalue weighted by molar-refractivity contribution is 5.96. The highest BCUT2D eigenvalue weighted by atomic mass is 16.4. The Morgan fingerprint density at radius 1 is 0.897 bits per heavy atom. The molecule has 0 bridgehead atoms. The van der Waals surface area contributed by atoms with Gasteiger partial charge in [-0.15, -0.1) is 0 Å². The van der Waals surface area contributed by atoms with Gasteiger partial charge < -0.3 is 47.0 Å². The Hall–Kier alpha value is -4.76. The number of H-pyrrole nitrogens is 2. The van der Waals surface area contributed by atoms with E-state index in [1.54, 1.807) is 6.20 Å². The van der Waals surface area contributed by atoms with Gasteiger partial charge in [0.1, 0.15) is 18.1 Å². The monoisotopic (exact) mass is 543 g/mol. The molecule has 208 valence electrons. The Morgan fingerprint density at radius 2 is 1.56 bits per heavy atom. The van der Waals surface area contributed by atoms with Crippen LogP contribution in [0.1, 0.15) is 17.7 Å². The SMILES string of the molecule is NC(Cc1c[nH]c2ccccc12)C(=O)NC(CC(=O)O)C(=O)NC(Cc1cnc[nH]1)C(=O)NC(CO)C(=O)O. The third-order valence-electron chi connectivity index (χ3n) is 5.87. The van der Waals surface area contributed by atoms with E-state index in [4.69, 9.17) is 10.8 Å². The lowest BCUT2D eigenvalue weighted by Gasteiger charge is -2.24. The zero-order valence-corrected chi connectivity index (χ0v) is 20.6. The van der Waals surface area contributed by atoms with Crippen molar-refractivity contribution in [2.45, 2.75) is 43.4 Å². The number of carboxylic acids is 2. The molecule has 2 aromatic heterocycles. The van der Waals surface area contributed by atoms with Crippen LogP contribution in [0.2, 0.25) is 0 Å². The maximum absolute atomic E-state index is 13.1. The Bertz CT molecular complexity index is 1320. The summed E-state index contributed by atoms with van der Waals surface area (Å²) in [4.78, 5) is 71.0. The first-order valence-corrected chi connectivity index (χ1v) is 11.8. The summed E-state index contributed by atoms with van der Waals surface area (Å²) in [5.74, 6) is -5.67. The van der Waals surface area contributed by atoms with Crippen molar-refractivity contribution in [1.29, 1.82) is 0 Å². The van der Waals surface area contributed by atoms with E-state index in [0.29, 0.717) is 5.69 Å². The molecule has 0 radical (unpaired) electrons. The topological polar surface area (TPSA) is 253 Å². The van der Waals surface area contributed by atoms with Crippen LogP contribution in [0.3, 0.4) is 0 Å². The summed E-state index contributed by atoms with van der Waals surface area (Å²) < 4.78 is 0. The minimum atomic E-state index is -1.64. The second-order valence-corrected chi connectivity index (χ2v) is 8.75. The standard InChI is InChI=1S/C24H29N7O8/c25-15(5-12-8-27-16-4-2-1-3-14(12)16)21(35)29-18(7-20(33)34)23(37)30-17(6-13-9-26-11-28-13)22(36)31-19(10-32)24(38)39/h1-4,8-9,11,15,17-19,27,32H,5-7,10,25H2,(H,26,28)(H,29,35)(H,30,37)(H,31,36)(H,33,34)(H,38,39). The maximum atomic E-state index is 13.1. The van der Waals surface area contributed by atoms with Crippen molar-refractivity contribution in [1.82, 2.24) is 30.9 Å². The van der Waals surface area contributed by atoms with E-state index in [1.165, 1.54) is 12.5 Å². The number of imidazole rings is 1. The van der Waals surface area contributed by atoms with Crippen LogP contribution in [0.5, 0.6) is 0 Å². The number of carbonyl (C=O) groups excluding carboxylic acids is 3. The number of para-hydroxylation sites is 1. The number of nitrogens with zero attached hydrogens (tertiary/aromatic N) is 1. The zero-order chi connectivity index (χ0) is 28.5. The molecule has 2 heterocycles. The van der Waals surface area contributed by atoms with Crippen molar-refractivity contribution in [3.8, 4) is 0 Å². The summed E-state index contributed by atoms with van der Waals surface area (Å²) in [5, 5.41) is 35.3. The Morgan fingerprint density at radius 3 is 2.21 bits per heavy atom. The molecule has 39 heavy (non-hydrogen) atoms. The molecule has 15 heteroatoms. The molecule has 0 aliphatic carbocycles. The van der Waals surface area contributed by atoms with Crippen molar-refractivity contribution in [3.05, 3.63) is 54.2 Å². The van der Waals surface area contributed by atoms with Crippen LogP contribution in [-0.4, -0.2) is 90.7 Å². The summed E-state index contributed by atoms with van der Waals surface area (Å²) >= 11 is 0. The van der Waals surface area contributed by atoms with Crippen molar-refractivity contribution >= 4 is 40.6 Å². The maximum Gasteiger partial charge on any atom is 0.328 e. The van der Waals surface area contributed by atoms with Crippen molar-refractivity contribution in [2.75, 3.05) is 6.61 Å². The molecular weight excluding hydrogens is 514 g/mol. The molecule has 0 spiro atoms. The molecule has 4 unspecified atom stereocenters. The average molecular weight is 544 g/mol. The van der Waals surface area contributed by atoms with E-state index in [0.717, 1.165) is 16.5 Å². The van der Waals surface area contributed by atoms with Gasteiger partial charge in [0.2, 0.25) is 17.7 Å².